The maximum absolute atomic E-state index is 13.1. The Kier molecular flexibility index (Phi) is 36.7. The maximum atomic E-state index is 13.1. The van der Waals surface area contributed by atoms with Gasteiger partial charge in [0.1, 0.15) is 73.5 Å². The quantitative estimate of drug-likeness (QED) is 0.0175. The number of H-pyrrole nitrogens is 5. The van der Waals surface area contributed by atoms with E-state index < -0.39 is 257 Å². The molecule has 0 aromatic carbocycles. The molecule has 16 N–H and O–H groups in total. The van der Waals surface area contributed by atoms with E-state index in [-0.39, 0.29) is 44.1 Å². The Bertz CT molecular complexity index is 4870. The number of hydrogen-bond acceptors (Lipinski definition) is 39. The number of aryl methyl sites for hydroxylation is 2. The van der Waals surface area contributed by atoms with Crippen LogP contribution in [0.15, 0.2) is 97.1 Å². The number of methoxy groups -OCH3 is 3. The number of nitrogens with zero attached hydrogens (tertiary/aromatic N) is 5. The lowest BCUT2D eigenvalue weighted by molar-refractivity contribution is -0.0574. The first-order valence-corrected chi connectivity index (χ1v) is 43.5. The van der Waals surface area contributed by atoms with Crippen LogP contribution in [0, 0.1) is 13.8 Å². The fourth-order valence-electron chi connectivity index (χ4n) is 11.4. The lowest BCUT2D eigenvalue weighted by atomic mass is 10.1. The zero-order valence-electron chi connectivity index (χ0n) is 69.5. The first kappa shape index (κ1) is 92.9. The molecule has 0 amide bonds. The molecule has 670 valence electrons. The Morgan fingerprint density at radius 1 is 0.449 bits per heavy atom. The monoisotopic (exact) mass is 1840 g/mol. The number of phosphoric acid groups is 3. The molecule has 5 saturated heterocycles. The first-order chi connectivity index (χ1) is 58.4. The molecular formula is C59H95N10O42P5S2. The standard InChI is InChI=1S/C22H32N4O16P2.C22H32N4O15P2S.C12H19N2O8PS.3CH4O/c1-11-9-26(22(31)24-19(11)29)16-8-13(41-43(32,33)37-7-6-27)14(40-16)10-38-44(34,35)42-17-12(2)39-20(18(17)36-3)25-5-4-15(28)23-21(25)30;1-11-9-26(22(31)24-19(11)29)16-8-13(40-42(32,33)36-7-6-27)14(39-16)10-37-43(34,44)41-17-12(2)38-20(18(17)35-3)25-5-4-15(28)23-21(25)30;1-7-9(22-23(18,24)20-6-5-15)10(19-2)11(21-7)14-4-3-8(16)13-12(14)17;3*1-2/h4-5,9,12-14,16-18,20,27H,6-8,10H2,1-3H3,(H,32,33)(H,34,35)(H,23,28,30)(H,24,29,31);4-5,9,12-14,16-18,20,27H,6-8,10H2,1-3H3,(H,32,33)(H,34,44)(H,23,28,30)(H,24,29,31);3-4,7,9-11,15H,5-6H2,1-2H3,(H,18,24)(H,13,16,17);3*2H,1H3/t12-,13?,14-,16-,17?,18+,20-;12-,13?,14-,16-,17?,18+,20-,43?;7-,9?,10+,11-,23?;;;/m111.../s1/i2*2D;1D;3*2T. The predicted octanol–water partition coefficient (Wildman–Crippen LogP) is -4.75. The fourth-order valence-corrected chi connectivity index (χ4v) is 17.2. The molecule has 5 aromatic rings. The SMILES string of the molecule is [2H]C[C@H]1O[C@@H](n2ccc(=O)[nH]c2=O)[C@@H](OC)C1OP(=O)(O)OC[C@H]1O[C@@H](n2cc(C)c(=O)[nH]c2=O)CC1OP(=O)(O)OCCO.[2H]C[C@H]1O[C@@H](n2ccc(=O)[nH]c2=O)[C@@H](OC)C1OP(O)(=S)OCCO.[2H]C[C@H]1O[C@@H](n2ccc(=O)[nH]c2=O)[C@@H](OC)C1OP(O)(=S)OC[C@H]1O[C@@H](n2cc(C)c(=O)[nH]c2=O)CC1OP(=O)(O)OCCO.[3H]OC.[3H]OC.[3H]OC. The second-order valence-electron chi connectivity index (χ2n) is 24.1. The van der Waals surface area contributed by atoms with Crippen molar-refractivity contribution in [1.82, 2.24) is 47.8 Å². The first-order valence-electron chi connectivity index (χ1n) is 37.2. The summed E-state index contributed by atoms with van der Waals surface area (Å²) in [5, 5.41) is 37.1. The van der Waals surface area contributed by atoms with Gasteiger partial charge in [-0.25, -0.2) is 37.7 Å². The van der Waals surface area contributed by atoms with E-state index in [4.69, 9.17) is 121 Å². The van der Waals surface area contributed by atoms with Crippen LogP contribution < -0.4 is 56.2 Å². The van der Waals surface area contributed by atoms with Gasteiger partial charge in [0.2, 0.25) is 4.29 Å². The lowest BCUT2D eigenvalue weighted by Gasteiger charge is -2.27. The number of ether oxygens (including phenoxy) is 8. The summed E-state index contributed by atoms with van der Waals surface area (Å²) in [5.41, 5.74) is -6.98. The zero-order valence-corrected chi connectivity index (χ0v) is 69.6. The van der Waals surface area contributed by atoms with Gasteiger partial charge in [-0.15, -0.1) is 0 Å². The van der Waals surface area contributed by atoms with E-state index in [0.29, 0.717) is 0 Å². The van der Waals surface area contributed by atoms with Gasteiger partial charge >= 0.3 is 65.4 Å². The Hall–Kier alpha value is -5.77. The van der Waals surface area contributed by atoms with E-state index in [2.05, 4.69) is 44.3 Å². The van der Waals surface area contributed by atoms with Gasteiger partial charge < -0.3 is 102 Å². The highest BCUT2D eigenvalue weighted by atomic mass is 32.5. The number of rotatable bonds is 33. The molecule has 5 aliphatic heterocycles. The predicted molar refractivity (Wildman–Crippen MR) is 407 cm³/mol. The van der Waals surface area contributed by atoms with E-state index in [1.54, 1.807) is 0 Å². The minimum atomic E-state index is -5.08. The number of aliphatic hydroxyl groups is 6. The molecule has 0 radical (unpaired) electrons. The molecule has 5 aliphatic rings. The maximum Gasteiger partial charge on any atom is 0.472 e. The molecule has 52 nitrogen and oxygen atoms in total. The van der Waals surface area contributed by atoms with Crippen LogP contribution in [0.1, 0.15) is 79.9 Å². The molecule has 59 heteroatoms. The molecule has 0 aliphatic carbocycles. The van der Waals surface area contributed by atoms with Gasteiger partial charge in [-0.3, -0.25) is 108 Å². The summed E-state index contributed by atoms with van der Waals surface area (Å²) in [6.45, 7) is -10.5. The van der Waals surface area contributed by atoms with Crippen LogP contribution in [-0.4, -0.2) is 282 Å². The van der Waals surface area contributed by atoms with Crippen molar-refractivity contribution in [3.8, 4) is 0 Å². The lowest BCUT2D eigenvalue weighted by Crippen LogP contribution is -2.39. The van der Waals surface area contributed by atoms with Crippen LogP contribution in [0.5, 0.6) is 0 Å². The summed E-state index contributed by atoms with van der Waals surface area (Å²) in [7, 11) is -6.96. The van der Waals surface area contributed by atoms with Gasteiger partial charge in [0.15, 0.2) is 18.7 Å². The Balaban J connectivity index is 0.000000326. The van der Waals surface area contributed by atoms with Crippen LogP contribution in [-0.2, 0) is 120 Å². The highest BCUT2D eigenvalue weighted by molar-refractivity contribution is 8.07. The molecular weight excluding hydrogens is 1740 g/mol. The number of hydrogen-bond donors (Lipinski definition) is 16. The van der Waals surface area contributed by atoms with Crippen LogP contribution >= 0.6 is 36.9 Å². The van der Waals surface area contributed by atoms with Crippen molar-refractivity contribution in [1.29, 1.82) is 4.29 Å². The Morgan fingerprint density at radius 2 is 0.746 bits per heavy atom. The smallest absolute Gasteiger partial charge is 0.400 e. The zero-order chi connectivity index (χ0) is 92.9. The molecule has 0 spiro atoms. The van der Waals surface area contributed by atoms with Crippen molar-refractivity contribution in [3.05, 3.63) is 165 Å². The van der Waals surface area contributed by atoms with Gasteiger partial charge in [-0.05, 0) is 58.2 Å². The van der Waals surface area contributed by atoms with Crippen LogP contribution in [0.2, 0.25) is 0 Å². The summed E-state index contributed by atoms with van der Waals surface area (Å²) < 4.78 is 180. The summed E-state index contributed by atoms with van der Waals surface area (Å²) >= 11 is 10.0. The second kappa shape index (κ2) is 46.6. The normalized spacial score (nSPS) is 29.1. The molecule has 10 heterocycles. The van der Waals surface area contributed by atoms with Gasteiger partial charge in [0.25, 0.3) is 27.8 Å². The number of aliphatic hydroxyl groups excluding tert-OH is 6. The number of aromatic nitrogens is 10. The molecule has 5 aromatic heterocycles. The highest BCUT2D eigenvalue weighted by Crippen LogP contribution is 2.55. The number of nitrogens with one attached hydrogen (secondary N) is 5. The number of aromatic amines is 5. The summed E-state index contributed by atoms with van der Waals surface area (Å²) in [6, 6.07) is 3.26. The summed E-state index contributed by atoms with van der Waals surface area (Å²) in [5.74, 6) is 0. The topological polar surface area (TPSA) is 714 Å². The molecule has 118 heavy (non-hydrogen) atoms. The molecule has 0 bridgehead atoms. The largest absolute Gasteiger partial charge is 0.472 e. The van der Waals surface area contributed by atoms with E-state index in [1.807, 2.05) is 4.98 Å². The Morgan fingerprint density at radius 3 is 1.06 bits per heavy atom. The van der Waals surface area contributed by atoms with Crippen LogP contribution in [0.3, 0.4) is 0 Å². The van der Waals surface area contributed by atoms with Gasteiger partial charge in [0.05, 0.1) is 71.2 Å². The summed E-state index contributed by atoms with van der Waals surface area (Å²) in [6.07, 6.45) is -15.7. The van der Waals surface area contributed by atoms with Crippen molar-refractivity contribution < 1.29 is 156 Å². The highest BCUT2D eigenvalue weighted by Gasteiger charge is 2.53. The van der Waals surface area contributed by atoms with Crippen molar-refractivity contribution in [2.45, 2.75) is 158 Å². The van der Waals surface area contributed by atoms with E-state index >= 15 is 0 Å². The summed E-state index contributed by atoms with van der Waals surface area (Å²) in [4.78, 5) is 182. The van der Waals surface area contributed by atoms with Crippen molar-refractivity contribution >= 4 is 60.5 Å². The van der Waals surface area contributed by atoms with Crippen LogP contribution in [0.4, 0.5) is 0 Å². The molecule has 10 unspecified atom stereocenters. The van der Waals surface area contributed by atoms with Crippen LogP contribution in [0.25, 0.3) is 0 Å². The van der Waals surface area contributed by atoms with E-state index in [9.17, 15) is 86.1 Å². The molecule has 0 saturated carbocycles. The van der Waals surface area contributed by atoms with E-state index in [0.717, 1.165) is 47.2 Å². The minimum absolute atomic E-state index is 0.139. The third-order valence-corrected chi connectivity index (χ3v) is 22.7. The average molecular weight is 1840 g/mol. The third-order valence-electron chi connectivity index (χ3n) is 16.5. The van der Waals surface area contributed by atoms with Gasteiger partial charge in [0, 0.05) is 120 Å². The van der Waals surface area contributed by atoms with Crippen molar-refractivity contribution in [3.63, 3.8) is 0 Å². The Labute approximate surface area is 684 Å². The van der Waals surface area contributed by atoms with Crippen molar-refractivity contribution in [2.75, 3.05) is 95.5 Å². The molecule has 10 rings (SSSR count). The average Bonchev–Trinajstić information content (AvgIpc) is 1.64. The van der Waals surface area contributed by atoms with Crippen molar-refractivity contribution in [2.24, 2.45) is 0 Å². The fraction of sp³-hybridized carbons (Fsp3) is 0.661. The molecule has 23 atom stereocenters. The number of phosphoric ester groups is 3. The van der Waals surface area contributed by atoms with Gasteiger partial charge in [-0.1, -0.05) is 0 Å². The third kappa shape index (κ3) is 28.4. The van der Waals surface area contributed by atoms with E-state index in [1.165, 1.54) is 81.3 Å². The second-order valence-corrected chi connectivity index (χ2v) is 33.9. The minimum Gasteiger partial charge on any atom is -0.400 e. The van der Waals surface area contributed by atoms with Gasteiger partial charge in [-0.2, -0.15) is 0 Å². The molecule has 5 fully saturated rings.